The van der Waals surface area contributed by atoms with Crippen molar-refractivity contribution in [1.82, 2.24) is 4.90 Å². The van der Waals surface area contributed by atoms with Crippen molar-refractivity contribution in [2.75, 3.05) is 0 Å². The van der Waals surface area contributed by atoms with Crippen molar-refractivity contribution in [3.8, 4) is 12.0 Å². The van der Waals surface area contributed by atoms with Crippen LogP contribution in [-0.2, 0) is 9.59 Å². The van der Waals surface area contributed by atoms with Crippen LogP contribution in [0.2, 0.25) is 0 Å². The first-order valence-corrected chi connectivity index (χ1v) is 9.50. The Bertz CT molecular complexity index is 519. The van der Waals surface area contributed by atoms with Gasteiger partial charge in [0.2, 0.25) is 11.7 Å². The third kappa shape index (κ3) is 4.12. The molecule has 24 heavy (non-hydrogen) atoms. The van der Waals surface area contributed by atoms with E-state index in [2.05, 4.69) is 17.7 Å². The molecule has 0 aromatic rings. The molecule has 1 heterocycles. The van der Waals surface area contributed by atoms with Crippen LogP contribution >= 0.6 is 0 Å². The zero-order chi connectivity index (χ0) is 17.7. The predicted octanol–water partition coefficient (Wildman–Crippen LogP) is 3.51. The van der Waals surface area contributed by atoms with Crippen LogP contribution in [0.25, 0.3) is 0 Å². The number of likely N-dealkylation sites (tertiary alicyclic amines) is 1. The molecule has 4 nitrogen and oxygen atoms in total. The number of Topliss-reactive ketones (excluding diaryl/α,β-unsaturated/α-hetero) is 1. The van der Waals surface area contributed by atoms with Gasteiger partial charge in [-0.15, -0.1) is 0 Å². The third-order valence-electron chi connectivity index (χ3n) is 5.85. The van der Waals surface area contributed by atoms with Crippen molar-refractivity contribution >= 4 is 11.7 Å². The van der Waals surface area contributed by atoms with Gasteiger partial charge in [-0.25, -0.2) is 0 Å². The number of carbonyl (C=O) groups is 2. The molecule has 1 saturated heterocycles. The largest absolute Gasteiger partial charge is 0.462 e. The molecule has 0 bridgehead atoms. The summed E-state index contributed by atoms with van der Waals surface area (Å²) in [5, 5.41) is 8.68. The summed E-state index contributed by atoms with van der Waals surface area (Å²) in [5.41, 5.74) is 0. The zero-order valence-corrected chi connectivity index (χ0v) is 15.3. The first kappa shape index (κ1) is 18.8. The van der Waals surface area contributed by atoms with E-state index in [1.54, 1.807) is 6.11 Å². The molecule has 1 N–H and O–H groups in total. The molecule has 0 spiro atoms. The second-order valence-electron chi connectivity index (χ2n) is 7.67. The summed E-state index contributed by atoms with van der Waals surface area (Å²) in [6.45, 7) is 6.12. The SMILES string of the molecule is CCC[C@H](C[C@@H](C)C(=O)N1[C@H](C)C[C@@H]2CCCC[C@@H]21)C(=O)C#CO. The van der Waals surface area contributed by atoms with Gasteiger partial charge in [0.15, 0.2) is 0 Å². The minimum atomic E-state index is -0.256. The van der Waals surface area contributed by atoms with Gasteiger partial charge in [0, 0.05) is 29.8 Å². The van der Waals surface area contributed by atoms with Gasteiger partial charge >= 0.3 is 0 Å². The van der Waals surface area contributed by atoms with E-state index < -0.39 is 0 Å². The molecular formula is C20H31NO3. The summed E-state index contributed by atoms with van der Waals surface area (Å²) in [6, 6.07) is 0.715. The molecule has 1 aliphatic carbocycles. The first-order chi connectivity index (χ1) is 11.5. The lowest BCUT2D eigenvalue weighted by Crippen LogP contribution is -2.45. The quantitative estimate of drug-likeness (QED) is 0.757. The number of aliphatic hydroxyl groups is 1. The molecule has 2 rings (SSSR count). The highest BCUT2D eigenvalue weighted by atomic mass is 16.2. The Morgan fingerprint density at radius 3 is 2.67 bits per heavy atom. The monoisotopic (exact) mass is 333 g/mol. The molecule has 0 unspecified atom stereocenters. The molecular weight excluding hydrogens is 302 g/mol. The minimum Gasteiger partial charge on any atom is -0.462 e. The lowest BCUT2D eigenvalue weighted by Gasteiger charge is -2.35. The van der Waals surface area contributed by atoms with E-state index in [0.717, 1.165) is 19.3 Å². The summed E-state index contributed by atoms with van der Waals surface area (Å²) in [7, 11) is 0. The van der Waals surface area contributed by atoms with Crippen LogP contribution < -0.4 is 0 Å². The Morgan fingerprint density at radius 2 is 2.00 bits per heavy atom. The second-order valence-corrected chi connectivity index (χ2v) is 7.67. The first-order valence-electron chi connectivity index (χ1n) is 9.50. The number of hydrogen-bond acceptors (Lipinski definition) is 3. The van der Waals surface area contributed by atoms with Gasteiger partial charge in [-0.05, 0) is 44.9 Å². The molecule has 2 fully saturated rings. The van der Waals surface area contributed by atoms with E-state index in [1.807, 2.05) is 13.8 Å². The second kappa shape index (κ2) is 8.55. The molecule has 134 valence electrons. The van der Waals surface area contributed by atoms with Gasteiger partial charge < -0.3 is 10.0 Å². The maximum atomic E-state index is 13.1. The van der Waals surface area contributed by atoms with Gasteiger partial charge in [0.1, 0.15) is 6.11 Å². The summed E-state index contributed by atoms with van der Waals surface area (Å²) >= 11 is 0. The minimum absolute atomic E-state index is 0.172. The van der Waals surface area contributed by atoms with Crippen LogP contribution in [0.3, 0.4) is 0 Å². The Kier molecular flexibility index (Phi) is 6.71. The lowest BCUT2D eigenvalue weighted by atomic mass is 9.84. The van der Waals surface area contributed by atoms with Gasteiger partial charge in [-0.2, -0.15) is 0 Å². The van der Waals surface area contributed by atoms with E-state index in [-0.39, 0.29) is 23.5 Å². The Hall–Kier alpha value is -1.50. The van der Waals surface area contributed by atoms with Gasteiger partial charge in [0.25, 0.3) is 0 Å². The molecule has 1 aliphatic heterocycles. The van der Waals surface area contributed by atoms with Gasteiger partial charge in [-0.3, -0.25) is 9.59 Å². The smallest absolute Gasteiger partial charge is 0.225 e. The number of fused-ring (bicyclic) bond motifs is 1. The van der Waals surface area contributed by atoms with Crippen molar-refractivity contribution in [2.45, 2.75) is 84.2 Å². The van der Waals surface area contributed by atoms with Gasteiger partial charge in [-0.1, -0.05) is 33.1 Å². The Labute approximate surface area is 146 Å². The summed E-state index contributed by atoms with van der Waals surface area (Å²) in [4.78, 5) is 27.2. The van der Waals surface area contributed by atoms with E-state index in [0.29, 0.717) is 30.8 Å². The Balaban J connectivity index is 2.04. The molecule has 0 aromatic heterocycles. The van der Waals surface area contributed by atoms with Crippen molar-refractivity contribution in [3.63, 3.8) is 0 Å². The molecule has 1 amide bonds. The van der Waals surface area contributed by atoms with Crippen LogP contribution in [-0.4, -0.2) is 33.8 Å². The number of carbonyl (C=O) groups excluding carboxylic acids is 2. The van der Waals surface area contributed by atoms with Crippen molar-refractivity contribution in [1.29, 1.82) is 0 Å². The maximum absolute atomic E-state index is 13.1. The van der Waals surface area contributed by atoms with Crippen LogP contribution in [0.4, 0.5) is 0 Å². The fourth-order valence-corrected chi connectivity index (χ4v) is 4.73. The summed E-state index contributed by atoms with van der Waals surface area (Å²) in [6.07, 6.45) is 9.83. The van der Waals surface area contributed by atoms with E-state index in [9.17, 15) is 9.59 Å². The molecule has 4 heteroatoms. The maximum Gasteiger partial charge on any atom is 0.225 e. The van der Waals surface area contributed by atoms with Gasteiger partial charge in [0.05, 0.1) is 0 Å². The highest BCUT2D eigenvalue weighted by Gasteiger charge is 2.43. The van der Waals surface area contributed by atoms with Crippen LogP contribution in [0.15, 0.2) is 0 Å². The fraction of sp³-hybridized carbons (Fsp3) is 0.800. The van der Waals surface area contributed by atoms with Crippen molar-refractivity contribution in [3.05, 3.63) is 0 Å². The number of nitrogens with zero attached hydrogens (tertiary/aromatic N) is 1. The molecule has 0 aromatic carbocycles. The number of ketones is 1. The number of rotatable bonds is 6. The lowest BCUT2D eigenvalue weighted by molar-refractivity contribution is -0.139. The molecule has 2 aliphatic rings. The van der Waals surface area contributed by atoms with Crippen molar-refractivity contribution in [2.24, 2.45) is 17.8 Å². The molecule has 0 radical (unpaired) electrons. The standard InChI is InChI=1S/C20H31NO3/c1-4-7-17(19(23)10-11-22)12-14(2)20(24)21-15(3)13-16-8-5-6-9-18(16)21/h14-18,22H,4-9,12-13H2,1-3H3/t14-,15-,16+,17-,18+/m1/s1. The average Bonchev–Trinajstić information content (AvgIpc) is 2.89. The third-order valence-corrected chi connectivity index (χ3v) is 5.85. The zero-order valence-electron chi connectivity index (χ0n) is 15.3. The number of hydrogen-bond donors (Lipinski definition) is 1. The Morgan fingerprint density at radius 1 is 1.29 bits per heavy atom. The normalized spacial score (nSPS) is 28.5. The predicted molar refractivity (Wildman–Crippen MR) is 93.6 cm³/mol. The topological polar surface area (TPSA) is 57.6 Å². The van der Waals surface area contributed by atoms with E-state index in [4.69, 9.17) is 5.11 Å². The van der Waals surface area contributed by atoms with E-state index >= 15 is 0 Å². The van der Waals surface area contributed by atoms with Crippen LogP contribution in [0.5, 0.6) is 0 Å². The fourth-order valence-electron chi connectivity index (χ4n) is 4.73. The van der Waals surface area contributed by atoms with Crippen molar-refractivity contribution < 1.29 is 14.7 Å². The van der Waals surface area contributed by atoms with E-state index in [1.165, 1.54) is 19.3 Å². The summed E-state index contributed by atoms with van der Waals surface area (Å²) in [5.74, 6) is 2.43. The number of aliphatic hydroxyl groups excluding tert-OH is 1. The average molecular weight is 333 g/mol. The number of amides is 1. The van der Waals surface area contributed by atoms with Crippen LogP contribution in [0.1, 0.15) is 72.1 Å². The highest BCUT2D eigenvalue weighted by molar-refractivity contribution is 5.97. The molecule has 5 atom stereocenters. The summed E-state index contributed by atoms with van der Waals surface area (Å²) < 4.78 is 0. The molecule has 1 saturated carbocycles. The highest BCUT2D eigenvalue weighted by Crippen LogP contribution is 2.40. The van der Waals surface area contributed by atoms with Crippen LogP contribution in [0, 0.1) is 29.8 Å².